The molecular weight excluding hydrogens is 450 g/mol. The Bertz CT molecular complexity index is 740. The zero-order valence-corrected chi connectivity index (χ0v) is 16.6. The van der Waals surface area contributed by atoms with Crippen molar-refractivity contribution in [3.63, 3.8) is 0 Å². The molecule has 152 valence electrons. The second-order valence-corrected chi connectivity index (χ2v) is 7.87. The summed E-state index contributed by atoms with van der Waals surface area (Å²) in [4.78, 5) is 11.1. The molecule has 0 radical (unpaired) electrons. The van der Waals surface area contributed by atoms with Crippen molar-refractivity contribution in [2.75, 3.05) is 24.4 Å². The summed E-state index contributed by atoms with van der Waals surface area (Å²) in [5.74, 6) is -0.293. The van der Waals surface area contributed by atoms with E-state index in [1.165, 1.54) is 31.4 Å². The van der Waals surface area contributed by atoms with Crippen LogP contribution in [0.5, 0.6) is 0 Å². The first kappa shape index (κ1) is 22.2. The molecule has 0 saturated carbocycles. The van der Waals surface area contributed by atoms with Crippen molar-refractivity contribution in [3.05, 3.63) is 24.3 Å². The minimum atomic E-state index is -4.19. The average Bonchev–Trinajstić information content (AvgIpc) is 2.66. The Morgan fingerprint density at radius 2 is 1.81 bits per heavy atom. The van der Waals surface area contributed by atoms with Gasteiger partial charge in [0, 0.05) is 12.8 Å². The number of hydrogen-bond acceptors (Lipinski definition) is 9. The van der Waals surface area contributed by atoms with Gasteiger partial charge < -0.3 is 30.1 Å². The number of alkyl halides is 1. The van der Waals surface area contributed by atoms with Gasteiger partial charge in [-0.05, 0) is 24.3 Å². The quantitative estimate of drug-likeness (QED) is 0.296. The van der Waals surface area contributed by atoms with Gasteiger partial charge in [-0.1, -0.05) is 15.9 Å². The normalized spacial score (nSPS) is 28.7. The van der Waals surface area contributed by atoms with Gasteiger partial charge in [0.25, 0.3) is 10.1 Å². The number of amides is 1. The van der Waals surface area contributed by atoms with Gasteiger partial charge in [-0.15, -0.1) is 0 Å². The maximum atomic E-state index is 12.3. The average molecular weight is 470 g/mol. The van der Waals surface area contributed by atoms with Crippen LogP contribution < -0.4 is 5.32 Å². The molecule has 0 unspecified atom stereocenters. The first-order valence-electron chi connectivity index (χ1n) is 7.77. The zero-order valence-electron chi connectivity index (χ0n) is 14.2. The summed E-state index contributed by atoms with van der Waals surface area (Å²) in [6.07, 6.45) is -7.11. The molecule has 12 heteroatoms. The van der Waals surface area contributed by atoms with Crippen LogP contribution in [0.3, 0.4) is 0 Å². The van der Waals surface area contributed by atoms with E-state index >= 15 is 0 Å². The van der Waals surface area contributed by atoms with E-state index in [0.29, 0.717) is 5.69 Å². The van der Waals surface area contributed by atoms with E-state index in [9.17, 15) is 28.5 Å². The van der Waals surface area contributed by atoms with Gasteiger partial charge in [0.2, 0.25) is 5.91 Å². The molecule has 4 N–H and O–H groups in total. The molecule has 1 aliphatic heterocycles. The minimum absolute atomic E-state index is 0.100. The number of rotatable bonds is 7. The number of anilines is 1. The maximum Gasteiger partial charge on any atom is 0.297 e. The van der Waals surface area contributed by atoms with Gasteiger partial charge >= 0.3 is 0 Å². The molecule has 0 aromatic heterocycles. The van der Waals surface area contributed by atoms with Crippen LogP contribution in [-0.4, -0.2) is 79.4 Å². The zero-order chi connectivity index (χ0) is 20.2. The fraction of sp³-hybridized carbons (Fsp3) is 0.533. The SMILES string of the molecule is CO[C@H]1O[C@H](COS(=O)(=O)c2ccc(NC(=O)CBr)cc2)[C@@H](O)[C@H](O)[C@H]1O. The molecule has 1 aliphatic rings. The second-order valence-electron chi connectivity index (χ2n) is 5.70. The highest BCUT2D eigenvalue weighted by atomic mass is 79.9. The highest BCUT2D eigenvalue weighted by molar-refractivity contribution is 9.09. The lowest BCUT2D eigenvalue weighted by Gasteiger charge is -2.39. The Morgan fingerprint density at radius 3 is 2.37 bits per heavy atom. The summed E-state index contributed by atoms with van der Waals surface area (Å²) < 4.78 is 39.5. The molecule has 27 heavy (non-hydrogen) atoms. The van der Waals surface area contributed by atoms with E-state index in [1.807, 2.05) is 0 Å². The van der Waals surface area contributed by atoms with Crippen LogP contribution in [-0.2, 0) is 28.6 Å². The molecule has 0 bridgehead atoms. The first-order valence-corrected chi connectivity index (χ1v) is 10.3. The second kappa shape index (κ2) is 9.39. The molecule has 1 heterocycles. The number of benzene rings is 1. The highest BCUT2D eigenvalue weighted by Gasteiger charge is 2.44. The van der Waals surface area contributed by atoms with Gasteiger partial charge in [0.15, 0.2) is 6.29 Å². The van der Waals surface area contributed by atoms with Crippen molar-refractivity contribution in [3.8, 4) is 0 Å². The van der Waals surface area contributed by atoms with Crippen LogP contribution in [0.25, 0.3) is 0 Å². The number of aliphatic hydroxyl groups is 3. The van der Waals surface area contributed by atoms with Crippen LogP contribution >= 0.6 is 15.9 Å². The number of aliphatic hydroxyl groups excluding tert-OH is 3. The molecule has 1 aromatic carbocycles. The molecule has 0 spiro atoms. The van der Waals surface area contributed by atoms with Crippen molar-refractivity contribution in [2.45, 2.75) is 35.6 Å². The number of methoxy groups -OCH3 is 1. The molecule has 5 atom stereocenters. The third-order valence-corrected chi connectivity index (χ3v) is 5.64. The maximum absolute atomic E-state index is 12.3. The van der Waals surface area contributed by atoms with Crippen molar-refractivity contribution < 1.29 is 42.2 Å². The van der Waals surface area contributed by atoms with E-state index in [4.69, 9.17) is 13.7 Å². The smallest absolute Gasteiger partial charge is 0.297 e. The molecule has 2 rings (SSSR count). The number of nitrogens with one attached hydrogen (secondary N) is 1. The summed E-state index contributed by atoms with van der Waals surface area (Å²) in [6, 6.07) is 5.27. The Kier molecular flexibility index (Phi) is 7.71. The van der Waals surface area contributed by atoms with Crippen LogP contribution in [0.15, 0.2) is 29.2 Å². The molecule has 1 aromatic rings. The highest BCUT2D eigenvalue weighted by Crippen LogP contribution is 2.23. The van der Waals surface area contributed by atoms with Crippen molar-refractivity contribution >= 4 is 37.6 Å². The Morgan fingerprint density at radius 1 is 1.19 bits per heavy atom. The van der Waals surface area contributed by atoms with Crippen molar-refractivity contribution in [1.82, 2.24) is 0 Å². The summed E-state index contributed by atoms with van der Waals surface area (Å²) in [5, 5.41) is 32.0. The van der Waals surface area contributed by atoms with Crippen molar-refractivity contribution in [1.29, 1.82) is 0 Å². The number of hydrogen-bond donors (Lipinski definition) is 4. The van der Waals surface area contributed by atoms with E-state index in [0.717, 1.165) is 0 Å². The van der Waals surface area contributed by atoms with Crippen molar-refractivity contribution in [2.24, 2.45) is 0 Å². The molecule has 0 aliphatic carbocycles. The van der Waals surface area contributed by atoms with E-state index in [2.05, 4.69) is 21.2 Å². The predicted molar refractivity (Wildman–Crippen MR) is 95.7 cm³/mol. The topological polar surface area (TPSA) is 152 Å². The fourth-order valence-electron chi connectivity index (χ4n) is 2.37. The van der Waals surface area contributed by atoms with Gasteiger partial charge in [-0.3, -0.25) is 8.98 Å². The fourth-order valence-corrected chi connectivity index (χ4v) is 3.43. The molecule has 1 fully saturated rings. The molecular formula is C15H20BrNO9S. The lowest BCUT2D eigenvalue weighted by Crippen LogP contribution is -2.59. The summed E-state index contributed by atoms with van der Waals surface area (Å²) in [5.41, 5.74) is 0.407. The third kappa shape index (κ3) is 5.45. The van der Waals surface area contributed by atoms with Gasteiger partial charge in [-0.25, -0.2) is 0 Å². The summed E-state index contributed by atoms with van der Waals surface area (Å²) >= 11 is 3.00. The predicted octanol–water partition coefficient (Wildman–Crippen LogP) is -0.821. The summed E-state index contributed by atoms with van der Waals surface area (Å²) in [7, 11) is -2.96. The number of ether oxygens (including phenoxy) is 2. The minimum Gasteiger partial charge on any atom is -0.387 e. The standard InChI is InChI=1S/C15H20BrNO9S/c1-24-15-14(21)13(20)12(19)10(26-15)7-25-27(22,23)9-4-2-8(3-5-9)17-11(18)6-16/h2-5,10,12-15,19-21H,6-7H2,1H3,(H,17,18)/t10-,12-,13+,14-,15+/m1/s1. The van der Waals surface area contributed by atoms with Gasteiger partial charge in [0.05, 0.1) is 16.8 Å². The van der Waals surface area contributed by atoms with Crippen LogP contribution in [0, 0.1) is 0 Å². The van der Waals surface area contributed by atoms with E-state index in [-0.39, 0.29) is 16.1 Å². The third-order valence-electron chi connectivity index (χ3n) is 3.84. The van der Waals surface area contributed by atoms with Crippen LogP contribution in [0.4, 0.5) is 5.69 Å². The largest absolute Gasteiger partial charge is 0.387 e. The lowest BCUT2D eigenvalue weighted by molar-refractivity contribution is -0.293. The molecule has 10 nitrogen and oxygen atoms in total. The first-order chi connectivity index (χ1) is 12.7. The molecule has 1 saturated heterocycles. The molecule has 1 amide bonds. The van der Waals surface area contributed by atoms with E-state index in [1.54, 1.807) is 0 Å². The Labute approximate surface area is 164 Å². The van der Waals surface area contributed by atoms with Gasteiger partial charge in [-0.2, -0.15) is 8.42 Å². The Balaban J connectivity index is 2.02. The number of carbonyl (C=O) groups excluding carboxylic acids is 1. The summed E-state index contributed by atoms with van der Waals surface area (Å²) in [6.45, 7) is -0.602. The number of halogens is 1. The van der Waals surface area contributed by atoms with E-state index < -0.39 is 47.4 Å². The Hall–Kier alpha value is -1.12. The van der Waals surface area contributed by atoms with Gasteiger partial charge in [0.1, 0.15) is 24.4 Å². The van der Waals surface area contributed by atoms with Crippen LogP contribution in [0.1, 0.15) is 0 Å². The van der Waals surface area contributed by atoms with Crippen LogP contribution in [0.2, 0.25) is 0 Å². The monoisotopic (exact) mass is 469 g/mol. The lowest BCUT2D eigenvalue weighted by atomic mass is 9.99. The number of carbonyl (C=O) groups is 1.